The van der Waals surface area contributed by atoms with Crippen LogP contribution in [0.1, 0.15) is 44.3 Å². The van der Waals surface area contributed by atoms with Crippen LogP contribution in [0, 0.1) is 6.92 Å². The summed E-state index contributed by atoms with van der Waals surface area (Å²) in [5.74, 6) is 1.64. The molecule has 6 heteroatoms. The summed E-state index contributed by atoms with van der Waals surface area (Å²) in [6, 6.07) is 18.0. The van der Waals surface area contributed by atoms with Gasteiger partial charge in [0.2, 0.25) is 5.78 Å². The summed E-state index contributed by atoms with van der Waals surface area (Å²) in [5.41, 5.74) is 3.49. The van der Waals surface area contributed by atoms with Crippen LogP contribution in [0.5, 0.6) is 17.2 Å². The minimum Gasteiger partial charge on any atom is -0.494 e. The van der Waals surface area contributed by atoms with Crippen LogP contribution in [0.15, 0.2) is 66.4 Å². The fraction of sp³-hybridized carbons (Fsp3) is 0.185. The topological polar surface area (TPSA) is 71.1 Å². The van der Waals surface area contributed by atoms with Gasteiger partial charge in [-0.25, -0.2) is 4.79 Å². The van der Waals surface area contributed by atoms with Crippen LogP contribution in [-0.2, 0) is 11.3 Å². The largest absolute Gasteiger partial charge is 0.494 e. The normalized spacial score (nSPS) is 13.4. The van der Waals surface area contributed by atoms with E-state index in [9.17, 15) is 9.59 Å². The van der Waals surface area contributed by atoms with Gasteiger partial charge >= 0.3 is 5.97 Å². The number of carbonyl (C=O) groups is 2. The van der Waals surface area contributed by atoms with Crippen molar-refractivity contribution >= 4 is 17.8 Å². The molecule has 1 aliphatic heterocycles. The van der Waals surface area contributed by atoms with Gasteiger partial charge in [0.25, 0.3) is 0 Å². The first-order chi connectivity index (χ1) is 16.0. The van der Waals surface area contributed by atoms with Crippen LogP contribution in [0.2, 0.25) is 0 Å². The van der Waals surface area contributed by atoms with E-state index in [1.807, 2.05) is 50.2 Å². The second-order valence-corrected chi connectivity index (χ2v) is 7.48. The molecular weight excluding hydrogens is 420 g/mol. The van der Waals surface area contributed by atoms with Gasteiger partial charge in [-0.2, -0.15) is 0 Å². The summed E-state index contributed by atoms with van der Waals surface area (Å²) in [5, 5.41) is 0. The SMILES string of the molecule is CCOc1ccc(/C=C2\Oc3c(ccc(OCc4ccc(C(=O)OC)cc4)c3C)C2=O)cc1. The molecule has 0 bridgehead atoms. The predicted molar refractivity (Wildman–Crippen MR) is 124 cm³/mol. The first-order valence-electron chi connectivity index (χ1n) is 10.6. The van der Waals surface area contributed by atoms with Crippen molar-refractivity contribution in [3.8, 4) is 17.2 Å². The number of carbonyl (C=O) groups excluding carboxylic acids is 2. The number of benzene rings is 3. The third-order valence-corrected chi connectivity index (χ3v) is 5.29. The van der Waals surface area contributed by atoms with Gasteiger partial charge in [-0.3, -0.25) is 4.79 Å². The summed E-state index contributed by atoms with van der Waals surface area (Å²) in [7, 11) is 1.35. The number of methoxy groups -OCH3 is 1. The maximum Gasteiger partial charge on any atom is 0.337 e. The highest BCUT2D eigenvalue weighted by atomic mass is 16.5. The van der Waals surface area contributed by atoms with Gasteiger partial charge in [0.1, 0.15) is 23.9 Å². The van der Waals surface area contributed by atoms with E-state index in [1.165, 1.54) is 7.11 Å². The highest BCUT2D eigenvalue weighted by molar-refractivity contribution is 6.15. The summed E-state index contributed by atoms with van der Waals surface area (Å²) in [6.45, 7) is 4.70. The minimum absolute atomic E-state index is 0.160. The summed E-state index contributed by atoms with van der Waals surface area (Å²) >= 11 is 0. The first-order valence-corrected chi connectivity index (χ1v) is 10.6. The molecule has 0 atom stereocenters. The number of fused-ring (bicyclic) bond motifs is 1. The second-order valence-electron chi connectivity index (χ2n) is 7.48. The lowest BCUT2D eigenvalue weighted by Crippen LogP contribution is -2.02. The summed E-state index contributed by atoms with van der Waals surface area (Å²) in [4.78, 5) is 24.4. The molecule has 1 heterocycles. The van der Waals surface area contributed by atoms with E-state index in [0.29, 0.717) is 35.8 Å². The number of allylic oxidation sites excluding steroid dienone is 1. The Bertz CT molecular complexity index is 1210. The molecule has 0 aromatic heterocycles. The number of rotatable bonds is 7. The average Bonchev–Trinajstić information content (AvgIpc) is 3.16. The lowest BCUT2D eigenvalue weighted by atomic mass is 10.1. The Labute approximate surface area is 192 Å². The van der Waals surface area contributed by atoms with Crippen LogP contribution in [-0.4, -0.2) is 25.5 Å². The number of Topliss-reactive ketones (excluding diaryl/α,β-unsaturated/α-hetero) is 1. The van der Waals surface area contributed by atoms with E-state index >= 15 is 0 Å². The third kappa shape index (κ3) is 4.75. The molecule has 3 aromatic carbocycles. The average molecular weight is 444 g/mol. The monoisotopic (exact) mass is 444 g/mol. The molecule has 0 saturated heterocycles. The van der Waals surface area contributed by atoms with E-state index in [0.717, 1.165) is 22.4 Å². The van der Waals surface area contributed by atoms with E-state index in [-0.39, 0.29) is 17.5 Å². The van der Waals surface area contributed by atoms with Crippen molar-refractivity contribution in [2.45, 2.75) is 20.5 Å². The Morgan fingerprint density at radius 3 is 2.36 bits per heavy atom. The zero-order valence-electron chi connectivity index (χ0n) is 18.7. The van der Waals surface area contributed by atoms with Gasteiger partial charge in [-0.1, -0.05) is 24.3 Å². The molecule has 6 nitrogen and oxygen atoms in total. The lowest BCUT2D eigenvalue weighted by molar-refractivity contribution is 0.0600. The lowest BCUT2D eigenvalue weighted by Gasteiger charge is -2.12. The molecule has 3 aromatic rings. The molecule has 33 heavy (non-hydrogen) atoms. The number of ketones is 1. The smallest absolute Gasteiger partial charge is 0.337 e. The van der Waals surface area contributed by atoms with Crippen molar-refractivity contribution < 1.29 is 28.5 Å². The molecule has 0 aliphatic carbocycles. The Morgan fingerprint density at radius 2 is 1.70 bits per heavy atom. The number of esters is 1. The van der Waals surface area contributed by atoms with Gasteiger partial charge in [-0.15, -0.1) is 0 Å². The van der Waals surface area contributed by atoms with Crippen molar-refractivity contribution in [3.05, 3.63) is 94.2 Å². The van der Waals surface area contributed by atoms with Crippen LogP contribution in [0.25, 0.3) is 6.08 Å². The zero-order valence-corrected chi connectivity index (χ0v) is 18.7. The molecule has 0 unspecified atom stereocenters. The summed E-state index contributed by atoms with van der Waals surface area (Å²) in [6.07, 6.45) is 1.72. The van der Waals surface area contributed by atoms with Crippen LogP contribution in [0.4, 0.5) is 0 Å². The van der Waals surface area contributed by atoms with Crippen LogP contribution >= 0.6 is 0 Å². The van der Waals surface area contributed by atoms with Gasteiger partial charge in [-0.05, 0) is 67.4 Å². The third-order valence-electron chi connectivity index (χ3n) is 5.29. The Kier molecular flexibility index (Phi) is 6.45. The number of hydrogen-bond donors (Lipinski definition) is 0. The maximum atomic E-state index is 12.8. The van der Waals surface area contributed by atoms with E-state index in [2.05, 4.69) is 0 Å². The van der Waals surface area contributed by atoms with E-state index in [1.54, 1.807) is 30.3 Å². The first kappa shape index (κ1) is 22.1. The molecule has 168 valence electrons. The van der Waals surface area contributed by atoms with Crippen LogP contribution in [0.3, 0.4) is 0 Å². The molecule has 1 aliphatic rings. The fourth-order valence-electron chi connectivity index (χ4n) is 3.52. The second kappa shape index (κ2) is 9.61. The number of ether oxygens (including phenoxy) is 4. The van der Waals surface area contributed by atoms with Crippen molar-refractivity contribution in [3.63, 3.8) is 0 Å². The standard InChI is InChI=1S/C27H24O6/c1-4-31-21-11-7-18(8-12-21)15-24-25(28)22-13-14-23(17(2)26(22)33-24)32-16-19-5-9-20(10-6-19)27(29)30-3/h5-15H,4,16H2,1-3H3/b24-15-. The Hall–Kier alpha value is -4.06. The molecule has 0 fully saturated rings. The number of hydrogen-bond acceptors (Lipinski definition) is 6. The maximum absolute atomic E-state index is 12.8. The van der Waals surface area contributed by atoms with Gasteiger partial charge in [0.15, 0.2) is 5.76 Å². The van der Waals surface area contributed by atoms with Crippen molar-refractivity contribution in [1.29, 1.82) is 0 Å². The predicted octanol–water partition coefficient (Wildman–Crippen LogP) is 5.38. The van der Waals surface area contributed by atoms with Gasteiger partial charge < -0.3 is 18.9 Å². The van der Waals surface area contributed by atoms with Gasteiger partial charge in [0.05, 0.1) is 24.8 Å². The van der Waals surface area contributed by atoms with E-state index in [4.69, 9.17) is 18.9 Å². The molecule has 0 radical (unpaired) electrons. The van der Waals surface area contributed by atoms with Crippen LogP contribution < -0.4 is 14.2 Å². The van der Waals surface area contributed by atoms with E-state index < -0.39 is 0 Å². The van der Waals surface area contributed by atoms with Crippen molar-refractivity contribution in [1.82, 2.24) is 0 Å². The van der Waals surface area contributed by atoms with Gasteiger partial charge in [0, 0.05) is 5.56 Å². The molecule has 0 N–H and O–H groups in total. The van der Waals surface area contributed by atoms with Crippen molar-refractivity contribution in [2.24, 2.45) is 0 Å². The molecule has 0 saturated carbocycles. The summed E-state index contributed by atoms with van der Waals surface area (Å²) < 4.78 is 22.1. The zero-order chi connectivity index (χ0) is 23.4. The highest BCUT2D eigenvalue weighted by Crippen LogP contribution is 2.39. The molecule has 4 rings (SSSR count). The minimum atomic E-state index is -0.382. The quantitative estimate of drug-likeness (QED) is 0.360. The Morgan fingerprint density at radius 1 is 0.970 bits per heavy atom. The Balaban J connectivity index is 1.48. The molecule has 0 amide bonds. The highest BCUT2D eigenvalue weighted by Gasteiger charge is 2.30. The van der Waals surface area contributed by atoms with Crippen molar-refractivity contribution in [2.75, 3.05) is 13.7 Å². The fourth-order valence-corrected chi connectivity index (χ4v) is 3.52. The molecule has 0 spiro atoms. The molecular formula is C27H24O6.